The van der Waals surface area contributed by atoms with Gasteiger partial charge in [0.05, 0.1) is 7.11 Å². The van der Waals surface area contributed by atoms with E-state index in [2.05, 4.69) is 9.73 Å². The normalized spacial score (nSPS) is 11.5. The monoisotopic (exact) mass is 273 g/mol. The van der Waals surface area contributed by atoms with Gasteiger partial charge < -0.3 is 4.74 Å². The fourth-order valence-corrected chi connectivity index (χ4v) is 1.76. The van der Waals surface area contributed by atoms with E-state index in [0.29, 0.717) is 15.6 Å². The van der Waals surface area contributed by atoms with Crippen molar-refractivity contribution in [1.29, 1.82) is 0 Å². The first-order chi connectivity index (χ1) is 8.08. The lowest BCUT2D eigenvalue weighted by Gasteiger charge is -2.09. The lowest BCUT2D eigenvalue weighted by atomic mass is 10.1. The van der Waals surface area contributed by atoms with Crippen LogP contribution in [0.5, 0.6) is 0 Å². The Kier molecular flexibility index (Phi) is 5.16. The number of halogens is 2. The first-order valence-electron chi connectivity index (χ1n) is 4.67. The summed E-state index contributed by atoms with van der Waals surface area (Å²) >= 11 is 11.7. The van der Waals surface area contributed by atoms with Crippen molar-refractivity contribution in [2.45, 2.75) is 12.5 Å². The van der Waals surface area contributed by atoms with Crippen molar-refractivity contribution >= 4 is 35.3 Å². The number of rotatable bonds is 4. The lowest BCUT2D eigenvalue weighted by molar-refractivity contribution is -0.142. The van der Waals surface area contributed by atoms with Gasteiger partial charge in [0.2, 0.25) is 6.08 Å². The topological polar surface area (TPSA) is 55.7 Å². The number of carbonyl (C=O) groups is 1. The molecule has 0 radical (unpaired) electrons. The fourth-order valence-electron chi connectivity index (χ4n) is 1.28. The Hall–Kier alpha value is -1.35. The Morgan fingerprint density at radius 1 is 1.53 bits per heavy atom. The zero-order chi connectivity index (χ0) is 12.8. The second-order valence-electron chi connectivity index (χ2n) is 3.20. The maximum atomic E-state index is 11.3. The molecule has 0 aliphatic carbocycles. The summed E-state index contributed by atoms with van der Waals surface area (Å²) in [5, 5.41) is 0.903. The Morgan fingerprint density at radius 3 is 2.76 bits per heavy atom. The van der Waals surface area contributed by atoms with Gasteiger partial charge in [-0.3, -0.25) is 0 Å². The molecule has 0 saturated heterocycles. The minimum Gasteiger partial charge on any atom is -0.467 e. The summed E-state index contributed by atoms with van der Waals surface area (Å²) in [6.45, 7) is 0. The van der Waals surface area contributed by atoms with Crippen LogP contribution in [0.15, 0.2) is 23.2 Å². The number of hydrogen-bond acceptors (Lipinski definition) is 4. The second-order valence-corrected chi connectivity index (χ2v) is 4.04. The molecule has 0 spiro atoms. The van der Waals surface area contributed by atoms with Gasteiger partial charge in [0, 0.05) is 16.5 Å². The van der Waals surface area contributed by atoms with Gasteiger partial charge in [-0.2, -0.15) is 4.99 Å². The molecule has 1 rings (SSSR count). The van der Waals surface area contributed by atoms with Crippen molar-refractivity contribution in [3.8, 4) is 0 Å². The summed E-state index contributed by atoms with van der Waals surface area (Å²) in [6, 6.07) is 3.93. The van der Waals surface area contributed by atoms with Crippen molar-refractivity contribution < 1.29 is 14.3 Å². The zero-order valence-corrected chi connectivity index (χ0v) is 10.5. The average Bonchev–Trinajstić information content (AvgIpc) is 2.30. The van der Waals surface area contributed by atoms with E-state index >= 15 is 0 Å². The van der Waals surface area contributed by atoms with Gasteiger partial charge in [0.25, 0.3) is 0 Å². The Bertz CT molecular complexity index is 470. The summed E-state index contributed by atoms with van der Waals surface area (Å²) in [6.07, 6.45) is 1.50. The third kappa shape index (κ3) is 3.86. The predicted molar refractivity (Wildman–Crippen MR) is 64.1 cm³/mol. The number of methoxy groups -OCH3 is 1. The molecule has 0 aliphatic rings. The summed E-state index contributed by atoms with van der Waals surface area (Å²) < 4.78 is 4.52. The summed E-state index contributed by atoms with van der Waals surface area (Å²) in [4.78, 5) is 24.9. The smallest absolute Gasteiger partial charge is 0.331 e. The molecular weight excluding hydrogens is 265 g/mol. The Morgan fingerprint density at radius 2 is 2.24 bits per heavy atom. The van der Waals surface area contributed by atoms with E-state index in [4.69, 9.17) is 23.2 Å². The highest BCUT2D eigenvalue weighted by atomic mass is 35.5. The number of ether oxygens (including phenoxy) is 1. The Balaban J connectivity index is 2.93. The van der Waals surface area contributed by atoms with Crippen LogP contribution in [0.25, 0.3) is 0 Å². The van der Waals surface area contributed by atoms with E-state index in [-0.39, 0.29) is 6.42 Å². The molecular formula is C11H9Cl2NO3. The van der Waals surface area contributed by atoms with Crippen LogP contribution < -0.4 is 0 Å². The molecule has 1 atom stereocenters. The van der Waals surface area contributed by atoms with E-state index in [9.17, 15) is 9.59 Å². The summed E-state index contributed by atoms with van der Waals surface area (Å²) in [5.41, 5.74) is 0.658. The summed E-state index contributed by atoms with van der Waals surface area (Å²) in [5.74, 6) is -0.612. The SMILES string of the molecule is COC(=O)[C@@H](Cc1ccc(Cl)cc1Cl)N=C=O. The number of benzene rings is 1. The molecule has 0 bridgehead atoms. The van der Waals surface area contributed by atoms with Gasteiger partial charge in [-0.05, 0) is 17.7 Å². The standard InChI is InChI=1S/C11H9Cl2NO3/c1-17-11(16)10(14-6-15)4-7-2-3-8(12)5-9(7)13/h2-3,5,10H,4H2,1H3/t10-/m1/s1. The van der Waals surface area contributed by atoms with Crippen LogP contribution in [0.1, 0.15) is 5.56 Å². The maximum absolute atomic E-state index is 11.3. The molecule has 1 aromatic rings. The number of isocyanates is 1. The molecule has 0 saturated carbocycles. The van der Waals surface area contributed by atoms with E-state index < -0.39 is 12.0 Å². The molecule has 90 valence electrons. The van der Waals surface area contributed by atoms with E-state index in [1.807, 2.05) is 0 Å². The molecule has 6 heteroatoms. The molecule has 0 unspecified atom stereocenters. The predicted octanol–water partition coefficient (Wildman–Crippen LogP) is 2.41. The molecule has 0 aromatic heterocycles. The van der Waals surface area contributed by atoms with E-state index in [1.165, 1.54) is 13.2 Å². The number of hydrogen-bond donors (Lipinski definition) is 0. The maximum Gasteiger partial charge on any atom is 0.331 e. The largest absolute Gasteiger partial charge is 0.467 e. The quantitative estimate of drug-likeness (QED) is 0.481. The van der Waals surface area contributed by atoms with Gasteiger partial charge in [-0.1, -0.05) is 29.3 Å². The minimum atomic E-state index is -0.934. The third-order valence-corrected chi connectivity index (χ3v) is 2.70. The molecule has 0 N–H and O–H groups in total. The molecule has 0 amide bonds. The van der Waals surface area contributed by atoms with Gasteiger partial charge in [0.1, 0.15) is 0 Å². The van der Waals surface area contributed by atoms with E-state index in [1.54, 1.807) is 18.2 Å². The van der Waals surface area contributed by atoms with Crippen LogP contribution in [-0.2, 0) is 20.7 Å². The van der Waals surface area contributed by atoms with Crippen LogP contribution in [0.3, 0.4) is 0 Å². The van der Waals surface area contributed by atoms with Gasteiger partial charge >= 0.3 is 5.97 Å². The van der Waals surface area contributed by atoms with Crippen molar-refractivity contribution in [3.63, 3.8) is 0 Å². The molecule has 0 aliphatic heterocycles. The summed E-state index contributed by atoms with van der Waals surface area (Å²) in [7, 11) is 1.22. The molecule has 4 nitrogen and oxygen atoms in total. The fraction of sp³-hybridized carbons (Fsp3) is 0.273. The van der Waals surface area contributed by atoms with Crippen molar-refractivity contribution in [3.05, 3.63) is 33.8 Å². The first kappa shape index (κ1) is 13.7. The van der Waals surface area contributed by atoms with Crippen molar-refractivity contribution in [2.24, 2.45) is 4.99 Å². The van der Waals surface area contributed by atoms with Crippen LogP contribution in [0, 0.1) is 0 Å². The lowest BCUT2D eigenvalue weighted by Crippen LogP contribution is -2.22. The molecule has 0 fully saturated rings. The third-order valence-electron chi connectivity index (χ3n) is 2.11. The minimum absolute atomic E-state index is 0.165. The number of aliphatic imine (C=N–C) groups is 1. The second kappa shape index (κ2) is 6.40. The van der Waals surface area contributed by atoms with Crippen molar-refractivity contribution in [2.75, 3.05) is 7.11 Å². The van der Waals surface area contributed by atoms with Gasteiger partial charge in [0.15, 0.2) is 6.04 Å². The van der Waals surface area contributed by atoms with E-state index in [0.717, 1.165) is 0 Å². The first-order valence-corrected chi connectivity index (χ1v) is 5.42. The van der Waals surface area contributed by atoms with Crippen LogP contribution in [0.2, 0.25) is 10.0 Å². The zero-order valence-electron chi connectivity index (χ0n) is 8.94. The Labute approximate surface area is 108 Å². The number of carbonyl (C=O) groups excluding carboxylic acids is 2. The van der Waals surface area contributed by atoms with Crippen LogP contribution in [-0.4, -0.2) is 25.2 Å². The molecule has 0 heterocycles. The highest BCUT2D eigenvalue weighted by molar-refractivity contribution is 6.35. The van der Waals surface area contributed by atoms with Crippen molar-refractivity contribution in [1.82, 2.24) is 0 Å². The van der Waals surface area contributed by atoms with Crippen LogP contribution >= 0.6 is 23.2 Å². The number of esters is 1. The highest BCUT2D eigenvalue weighted by Gasteiger charge is 2.20. The highest BCUT2D eigenvalue weighted by Crippen LogP contribution is 2.22. The van der Waals surface area contributed by atoms with Gasteiger partial charge in [-0.25, -0.2) is 9.59 Å². The average molecular weight is 274 g/mol. The number of nitrogens with zero attached hydrogens (tertiary/aromatic N) is 1. The van der Waals surface area contributed by atoms with Gasteiger partial charge in [-0.15, -0.1) is 0 Å². The molecule has 1 aromatic carbocycles. The molecule has 17 heavy (non-hydrogen) atoms. The van der Waals surface area contributed by atoms with Crippen LogP contribution in [0.4, 0.5) is 0 Å².